The number of aromatic nitrogens is 2. The quantitative estimate of drug-likeness (QED) is 0.761. The van der Waals surface area contributed by atoms with Crippen molar-refractivity contribution in [3.63, 3.8) is 0 Å². The zero-order chi connectivity index (χ0) is 13.7. The highest BCUT2D eigenvalue weighted by Gasteiger charge is 2.18. The molecule has 1 aromatic rings. The molecule has 7 heteroatoms. The molecule has 0 aliphatic rings. The summed E-state index contributed by atoms with van der Waals surface area (Å²) in [6, 6.07) is 1.60. The lowest BCUT2D eigenvalue weighted by Crippen LogP contribution is -2.38. The van der Waals surface area contributed by atoms with E-state index in [1.807, 2.05) is 0 Å². The number of methoxy groups -OCH3 is 1. The monoisotopic (exact) mass is 253 g/mol. The lowest BCUT2D eigenvalue weighted by atomic mass is 10.2. The number of hydrogen-bond acceptors (Lipinski definition) is 5. The third-order valence-electron chi connectivity index (χ3n) is 2.35. The van der Waals surface area contributed by atoms with E-state index in [4.69, 9.17) is 9.84 Å². The molecular weight excluding hydrogens is 238 g/mol. The first-order valence-corrected chi connectivity index (χ1v) is 5.30. The molecule has 0 saturated heterocycles. The van der Waals surface area contributed by atoms with Crippen LogP contribution in [0.4, 0.5) is 0 Å². The molecule has 1 heterocycles. The fourth-order valence-corrected chi connectivity index (χ4v) is 1.33. The Kier molecular flexibility index (Phi) is 4.73. The largest absolute Gasteiger partial charge is 0.479 e. The Morgan fingerprint density at radius 2 is 2.11 bits per heavy atom. The minimum Gasteiger partial charge on any atom is -0.479 e. The normalized spacial score (nSPS) is 11.9. The van der Waals surface area contributed by atoms with Crippen molar-refractivity contribution in [1.82, 2.24) is 15.5 Å². The van der Waals surface area contributed by atoms with Crippen molar-refractivity contribution in [2.75, 3.05) is 13.7 Å². The molecule has 1 amide bonds. The fourth-order valence-electron chi connectivity index (χ4n) is 1.33. The van der Waals surface area contributed by atoms with E-state index in [2.05, 4.69) is 15.5 Å². The number of amides is 1. The fraction of sp³-hybridized carbons (Fsp3) is 0.455. The van der Waals surface area contributed by atoms with Crippen LogP contribution in [0.5, 0.6) is 0 Å². The van der Waals surface area contributed by atoms with Gasteiger partial charge in [0.25, 0.3) is 5.91 Å². The first kappa shape index (κ1) is 14.0. The predicted molar refractivity (Wildman–Crippen MR) is 62.3 cm³/mol. The Morgan fingerprint density at radius 3 is 2.67 bits per heavy atom. The maximum absolute atomic E-state index is 11.8. The molecule has 0 fully saturated rings. The third kappa shape index (κ3) is 3.49. The molecule has 1 aromatic heterocycles. The van der Waals surface area contributed by atoms with Gasteiger partial charge in [-0.15, -0.1) is 0 Å². The number of nitrogens with zero attached hydrogens (tertiary/aromatic N) is 2. The van der Waals surface area contributed by atoms with Crippen LogP contribution in [-0.4, -0.2) is 46.9 Å². The van der Waals surface area contributed by atoms with Crippen LogP contribution in [0.1, 0.15) is 21.7 Å². The molecule has 0 spiro atoms. The standard InChI is InChI=1S/C11H15N3O4/c1-6-4-8(7(2)14-13-6)10(15)12-5-9(18-3)11(16)17/h4,9H,5H2,1-3H3,(H,12,15)(H,16,17). The molecule has 2 N–H and O–H groups in total. The maximum Gasteiger partial charge on any atom is 0.334 e. The van der Waals surface area contributed by atoms with Gasteiger partial charge in [-0.05, 0) is 19.9 Å². The van der Waals surface area contributed by atoms with Crippen LogP contribution in [0.25, 0.3) is 0 Å². The molecule has 0 aliphatic heterocycles. The molecule has 0 bridgehead atoms. The van der Waals surface area contributed by atoms with Gasteiger partial charge in [0.05, 0.1) is 23.5 Å². The van der Waals surface area contributed by atoms with Crippen molar-refractivity contribution in [2.45, 2.75) is 20.0 Å². The summed E-state index contributed by atoms with van der Waals surface area (Å²) in [5.41, 5.74) is 1.48. The lowest BCUT2D eigenvalue weighted by Gasteiger charge is -2.12. The molecule has 0 aromatic carbocycles. The van der Waals surface area contributed by atoms with Crippen LogP contribution < -0.4 is 5.32 Å². The molecule has 0 aliphatic carbocycles. The van der Waals surface area contributed by atoms with Crippen molar-refractivity contribution in [3.8, 4) is 0 Å². The molecule has 1 unspecified atom stereocenters. The SMILES string of the molecule is COC(CNC(=O)c1cc(C)nnc1C)C(=O)O. The van der Waals surface area contributed by atoms with E-state index in [1.165, 1.54) is 7.11 Å². The van der Waals surface area contributed by atoms with Crippen molar-refractivity contribution in [2.24, 2.45) is 0 Å². The number of ether oxygens (including phenoxy) is 1. The van der Waals surface area contributed by atoms with Crippen LogP contribution in [0.15, 0.2) is 6.07 Å². The van der Waals surface area contributed by atoms with E-state index in [-0.39, 0.29) is 6.54 Å². The Morgan fingerprint density at radius 1 is 1.44 bits per heavy atom. The van der Waals surface area contributed by atoms with Gasteiger partial charge in [0.2, 0.25) is 0 Å². The molecule has 18 heavy (non-hydrogen) atoms. The number of carboxylic acids is 1. The third-order valence-corrected chi connectivity index (χ3v) is 2.35. The van der Waals surface area contributed by atoms with Gasteiger partial charge in [-0.3, -0.25) is 4.79 Å². The van der Waals surface area contributed by atoms with Crippen LogP contribution in [0.2, 0.25) is 0 Å². The molecule has 7 nitrogen and oxygen atoms in total. The number of carbonyl (C=O) groups is 2. The summed E-state index contributed by atoms with van der Waals surface area (Å²) in [5, 5.41) is 18.9. The number of aliphatic carboxylic acids is 1. The van der Waals surface area contributed by atoms with E-state index in [0.717, 1.165) is 0 Å². The number of carbonyl (C=O) groups excluding carboxylic acids is 1. The highest BCUT2D eigenvalue weighted by Crippen LogP contribution is 2.05. The van der Waals surface area contributed by atoms with E-state index in [9.17, 15) is 9.59 Å². The van der Waals surface area contributed by atoms with Crippen LogP contribution in [-0.2, 0) is 9.53 Å². The van der Waals surface area contributed by atoms with Crippen molar-refractivity contribution in [3.05, 3.63) is 23.0 Å². The van der Waals surface area contributed by atoms with Gasteiger partial charge < -0.3 is 15.2 Å². The van der Waals surface area contributed by atoms with Crippen LogP contribution in [0, 0.1) is 13.8 Å². The minimum absolute atomic E-state index is 0.106. The minimum atomic E-state index is -1.13. The highest BCUT2D eigenvalue weighted by atomic mass is 16.5. The van der Waals surface area contributed by atoms with Crippen molar-refractivity contribution >= 4 is 11.9 Å². The lowest BCUT2D eigenvalue weighted by molar-refractivity contribution is -0.148. The second-order valence-electron chi connectivity index (χ2n) is 3.76. The summed E-state index contributed by atoms with van der Waals surface area (Å²) < 4.78 is 4.71. The topological polar surface area (TPSA) is 101 Å². The van der Waals surface area contributed by atoms with Gasteiger partial charge in [0, 0.05) is 7.11 Å². The molecule has 98 valence electrons. The number of hydrogen-bond donors (Lipinski definition) is 2. The predicted octanol–water partition coefficient (Wildman–Crippen LogP) is -0.0772. The van der Waals surface area contributed by atoms with Gasteiger partial charge in [-0.1, -0.05) is 0 Å². The average Bonchev–Trinajstić information content (AvgIpc) is 2.32. The van der Waals surface area contributed by atoms with Crippen molar-refractivity contribution in [1.29, 1.82) is 0 Å². The zero-order valence-electron chi connectivity index (χ0n) is 10.4. The first-order valence-electron chi connectivity index (χ1n) is 5.30. The summed E-state index contributed by atoms with van der Waals surface area (Å²) in [7, 11) is 1.27. The number of nitrogens with one attached hydrogen (secondary N) is 1. The number of rotatable bonds is 5. The Hall–Kier alpha value is -2.02. The second kappa shape index (κ2) is 6.06. The summed E-state index contributed by atoms with van der Waals surface area (Å²) in [4.78, 5) is 22.5. The van der Waals surface area contributed by atoms with Gasteiger partial charge in [-0.25, -0.2) is 4.79 Å². The van der Waals surface area contributed by atoms with Gasteiger partial charge in [0.1, 0.15) is 0 Å². The summed E-state index contributed by atoms with van der Waals surface area (Å²) in [5.74, 6) is -1.52. The van der Waals surface area contributed by atoms with Gasteiger partial charge in [0.15, 0.2) is 6.10 Å². The molecule has 1 atom stereocenters. The Balaban J connectivity index is 2.71. The van der Waals surface area contributed by atoms with Crippen LogP contribution in [0.3, 0.4) is 0 Å². The molecule has 0 saturated carbocycles. The maximum atomic E-state index is 11.8. The van der Waals surface area contributed by atoms with Gasteiger partial charge in [-0.2, -0.15) is 10.2 Å². The van der Waals surface area contributed by atoms with E-state index in [1.54, 1.807) is 19.9 Å². The second-order valence-corrected chi connectivity index (χ2v) is 3.76. The summed E-state index contributed by atoms with van der Waals surface area (Å²) >= 11 is 0. The number of aryl methyl sites for hydroxylation is 2. The van der Waals surface area contributed by atoms with E-state index < -0.39 is 18.0 Å². The molecule has 1 rings (SSSR count). The van der Waals surface area contributed by atoms with Gasteiger partial charge >= 0.3 is 5.97 Å². The van der Waals surface area contributed by atoms with Crippen molar-refractivity contribution < 1.29 is 19.4 Å². The van der Waals surface area contributed by atoms with E-state index in [0.29, 0.717) is 17.0 Å². The molecular formula is C11H15N3O4. The Labute approximate surface area is 104 Å². The zero-order valence-corrected chi connectivity index (χ0v) is 10.4. The Bertz CT molecular complexity index is 462. The summed E-state index contributed by atoms with van der Waals surface area (Å²) in [6.07, 6.45) is -1.06. The average molecular weight is 253 g/mol. The van der Waals surface area contributed by atoms with Crippen LogP contribution >= 0.6 is 0 Å². The molecule has 0 radical (unpaired) electrons. The highest BCUT2D eigenvalue weighted by molar-refractivity contribution is 5.95. The smallest absolute Gasteiger partial charge is 0.334 e. The number of carboxylic acid groups (broad SMARTS) is 1. The van der Waals surface area contributed by atoms with E-state index >= 15 is 0 Å². The summed E-state index contributed by atoms with van der Waals surface area (Å²) in [6.45, 7) is 3.27. The first-order chi connectivity index (χ1) is 8.45.